The quantitative estimate of drug-likeness (QED) is 0.215. The zero-order valence-electron chi connectivity index (χ0n) is 17.4. The number of amides is 2. The number of likely N-dealkylation sites (tertiary alicyclic amines) is 1. The number of hydrogen-bond donors (Lipinski definition) is 0. The van der Waals surface area contributed by atoms with Crippen LogP contribution in [0.15, 0.2) is 24.3 Å². The summed E-state index contributed by atoms with van der Waals surface area (Å²) < 4.78 is 5.18. The van der Waals surface area contributed by atoms with Gasteiger partial charge in [0.2, 0.25) is 17.6 Å². The van der Waals surface area contributed by atoms with Gasteiger partial charge in [-0.15, -0.1) is 0 Å². The number of hydrogen-bond acceptors (Lipinski definition) is 7. The second-order valence-electron chi connectivity index (χ2n) is 8.96. The highest BCUT2D eigenvalue weighted by molar-refractivity contribution is 6.09. The fraction of sp³-hybridized carbons (Fsp3) is 0.545. The molecule has 3 aliphatic rings. The Morgan fingerprint density at radius 3 is 2.32 bits per heavy atom. The van der Waals surface area contributed by atoms with Crippen molar-refractivity contribution in [1.29, 1.82) is 0 Å². The summed E-state index contributed by atoms with van der Waals surface area (Å²) in [5.74, 6) is -2.68. The minimum absolute atomic E-state index is 0.0440. The zero-order valence-corrected chi connectivity index (χ0v) is 17.4. The van der Waals surface area contributed by atoms with Gasteiger partial charge in [-0.2, -0.15) is 0 Å². The lowest BCUT2D eigenvalue weighted by Gasteiger charge is -2.28. The lowest BCUT2D eigenvalue weighted by Crippen LogP contribution is -2.50. The number of benzene rings is 1. The molecule has 31 heavy (non-hydrogen) atoms. The molecule has 4 rings (SSSR count). The van der Waals surface area contributed by atoms with E-state index in [1.165, 1.54) is 18.2 Å². The van der Waals surface area contributed by atoms with Gasteiger partial charge in [0.25, 0.3) is 5.69 Å². The van der Waals surface area contributed by atoms with Gasteiger partial charge in [0.1, 0.15) is 6.04 Å². The lowest BCUT2D eigenvalue weighted by atomic mass is 9.81. The first-order valence-electron chi connectivity index (χ1n) is 10.5. The molecule has 1 aliphatic heterocycles. The van der Waals surface area contributed by atoms with Crippen molar-refractivity contribution in [3.05, 3.63) is 39.9 Å². The van der Waals surface area contributed by atoms with E-state index in [0.717, 1.165) is 30.2 Å². The normalized spacial score (nSPS) is 27.5. The van der Waals surface area contributed by atoms with Gasteiger partial charge in [-0.25, -0.2) is 4.79 Å². The first kappa shape index (κ1) is 21.1. The van der Waals surface area contributed by atoms with Gasteiger partial charge in [-0.1, -0.05) is 26.0 Å². The van der Waals surface area contributed by atoms with E-state index in [-0.39, 0.29) is 52.7 Å². The van der Waals surface area contributed by atoms with E-state index in [2.05, 4.69) is 0 Å². The summed E-state index contributed by atoms with van der Waals surface area (Å²) in [4.78, 5) is 62.7. The predicted molar refractivity (Wildman–Crippen MR) is 107 cm³/mol. The van der Waals surface area contributed by atoms with Crippen molar-refractivity contribution in [2.24, 2.45) is 29.6 Å². The number of rotatable bonds is 7. The minimum Gasteiger partial charge on any atom is -0.456 e. The topological polar surface area (TPSA) is 124 Å². The fourth-order valence-corrected chi connectivity index (χ4v) is 5.48. The third-order valence-electron chi connectivity index (χ3n) is 6.84. The molecule has 9 heteroatoms. The van der Waals surface area contributed by atoms with E-state index in [1.54, 1.807) is 13.8 Å². The van der Waals surface area contributed by atoms with Crippen LogP contribution in [0.3, 0.4) is 0 Å². The summed E-state index contributed by atoms with van der Waals surface area (Å²) in [6.45, 7) is 2.81. The molecule has 3 fully saturated rings. The Morgan fingerprint density at radius 2 is 1.77 bits per heavy atom. The molecule has 0 radical (unpaired) electrons. The Kier molecular flexibility index (Phi) is 5.36. The molecular weight excluding hydrogens is 404 g/mol. The number of carbonyl (C=O) groups excluding carboxylic acids is 4. The van der Waals surface area contributed by atoms with Gasteiger partial charge in [0.15, 0.2) is 6.61 Å². The number of nitro groups is 1. The van der Waals surface area contributed by atoms with Crippen LogP contribution in [0.4, 0.5) is 5.69 Å². The highest BCUT2D eigenvalue weighted by atomic mass is 16.6. The van der Waals surface area contributed by atoms with Crippen molar-refractivity contribution in [1.82, 2.24) is 4.90 Å². The van der Waals surface area contributed by atoms with Crippen LogP contribution in [-0.2, 0) is 19.1 Å². The van der Waals surface area contributed by atoms with Crippen LogP contribution in [0.5, 0.6) is 0 Å². The summed E-state index contributed by atoms with van der Waals surface area (Å²) in [7, 11) is 0. The van der Waals surface area contributed by atoms with Crippen LogP contribution in [0.25, 0.3) is 0 Å². The number of non-ortho nitro benzene ring substituents is 1. The van der Waals surface area contributed by atoms with Crippen molar-refractivity contribution in [2.45, 2.75) is 39.2 Å². The molecular formula is C22H24N2O7. The molecule has 2 bridgehead atoms. The molecule has 164 valence electrons. The molecule has 2 amide bonds. The van der Waals surface area contributed by atoms with Gasteiger partial charge in [-0.05, 0) is 37.0 Å². The Hall–Kier alpha value is -3.10. The molecule has 1 aromatic rings. The van der Waals surface area contributed by atoms with Gasteiger partial charge < -0.3 is 4.74 Å². The average molecular weight is 428 g/mol. The number of nitrogens with zero attached hydrogens (tertiary/aromatic N) is 2. The molecule has 0 unspecified atom stereocenters. The number of esters is 1. The summed E-state index contributed by atoms with van der Waals surface area (Å²) in [5.41, 5.74) is -0.200. The SMILES string of the molecule is CC(C)[C@H](C(=O)OCC(=O)c1cccc([N+](=O)[O-])c1)N1C(=O)[C@@H]2[C@H]3CC[C@@H](C3)[C@@H]2C1=O. The second-order valence-corrected chi connectivity index (χ2v) is 8.96. The number of carbonyl (C=O) groups is 4. The molecule has 9 nitrogen and oxygen atoms in total. The van der Waals surface area contributed by atoms with Crippen molar-refractivity contribution in [3.63, 3.8) is 0 Å². The first-order chi connectivity index (χ1) is 14.7. The van der Waals surface area contributed by atoms with E-state index in [4.69, 9.17) is 4.74 Å². The van der Waals surface area contributed by atoms with Crippen molar-refractivity contribution in [3.8, 4) is 0 Å². The number of Topliss-reactive ketones (excluding diaryl/α,β-unsaturated/α-hetero) is 1. The van der Waals surface area contributed by atoms with Crippen LogP contribution in [0.2, 0.25) is 0 Å². The second kappa shape index (κ2) is 7.86. The highest BCUT2D eigenvalue weighted by Crippen LogP contribution is 2.56. The standard InChI is InChI=1S/C22H24N2O7/c1-11(2)19(23-20(26)17-13-6-7-14(8-13)18(17)21(23)27)22(28)31-10-16(25)12-4-3-5-15(9-12)24(29)30/h3-5,9,11,13-14,17-19H,6-8,10H2,1-2H3/t13-,14-,17-,18+,19+/m0/s1. The van der Waals surface area contributed by atoms with Crippen LogP contribution in [0, 0.1) is 39.7 Å². The predicted octanol–water partition coefficient (Wildman–Crippen LogP) is 2.38. The Bertz CT molecular complexity index is 944. The number of nitro benzene ring substituents is 1. The molecule has 0 aromatic heterocycles. The molecule has 1 saturated heterocycles. The van der Waals surface area contributed by atoms with Gasteiger partial charge in [-0.3, -0.25) is 29.4 Å². The molecule has 0 N–H and O–H groups in total. The smallest absolute Gasteiger partial charge is 0.330 e. The number of imide groups is 1. The Morgan fingerprint density at radius 1 is 1.16 bits per heavy atom. The largest absolute Gasteiger partial charge is 0.456 e. The maximum atomic E-state index is 13.1. The summed E-state index contributed by atoms with van der Waals surface area (Å²) in [6, 6.07) is 4.04. The van der Waals surface area contributed by atoms with E-state index in [0.29, 0.717) is 0 Å². The summed E-state index contributed by atoms with van der Waals surface area (Å²) >= 11 is 0. The molecule has 1 aromatic carbocycles. The molecule has 2 aliphatic carbocycles. The van der Waals surface area contributed by atoms with E-state index < -0.39 is 29.3 Å². The minimum atomic E-state index is -1.09. The van der Waals surface area contributed by atoms with Crippen LogP contribution < -0.4 is 0 Å². The number of fused-ring (bicyclic) bond motifs is 5. The Labute approximate surface area is 178 Å². The van der Waals surface area contributed by atoms with Gasteiger partial charge in [0.05, 0.1) is 16.8 Å². The van der Waals surface area contributed by atoms with Crippen LogP contribution in [-0.4, -0.2) is 46.0 Å². The Balaban J connectivity index is 1.47. The fourth-order valence-electron chi connectivity index (χ4n) is 5.48. The third kappa shape index (κ3) is 3.51. The lowest BCUT2D eigenvalue weighted by molar-refractivity contribution is -0.384. The summed E-state index contributed by atoms with van der Waals surface area (Å²) in [6.07, 6.45) is 2.77. The van der Waals surface area contributed by atoms with Crippen LogP contribution in [0.1, 0.15) is 43.5 Å². The van der Waals surface area contributed by atoms with Crippen LogP contribution >= 0.6 is 0 Å². The highest BCUT2D eigenvalue weighted by Gasteiger charge is 2.62. The van der Waals surface area contributed by atoms with Gasteiger partial charge in [0, 0.05) is 17.7 Å². The van der Waals surface area contributed by atoms with Crippen molar-refractivity contribution in [2.75, 3.05) is 6.61 Å². The maximum Gasteiger partial charge on any atom is 0.330 e. The third-order valence-corrected chi connectivity index (χ3v) is 6.84. The van der Waals surface area contributed by atoms with Crippen molar-refractivity contribution >= 4 is 29.3 Å². The number of ether oxygens (including phenoxy) is 1. The molecule has 2 saturated carbocycles. The van der Waals surface area contributed by atoms with Gasteiger partial charge >= 0.3 is 5.97 Å². The first-order valence-corrected chi connectivity index (χ1v) is 10.5. The van der Waals surface area contributed by atoms with E-state index in [9.17, 15) is 29.3 Å². The molecule has 5 atom stereocenters. The molecule has 1 heterocycles. The van der Waals surface area contributed by atoms with E-state index >= 15 is 0 Å². The van der Waals surface area contributed by atoms with E-state index in [1.807, 2.05) is 0 Å². The number of ketones is 1. The maximum absolute atomic E-state index is 13.1. The zero-order chi connectivity index (χ0) is 22.4. The monoisotopic (exact) mass is 428 g/mol. The summed E-state index contributed by atoms with van der Waals surface area (Å²) in [5, 5.41) is 10.9. The average Bonchev–Trinajstić information content (AvgIpc) is 3.42. The molecule has 0 spiro atoms. The van der Waals surface area contributed by atoms with Crippen molar-refractivity contribution < 1.29 is 28.8 Å².